The van der Waals surface area contributed by atoms with E-state index in [1.165, 1.54) is 0 Å². The molecular formula is C11H19BrN2OS. The maximum absolute atomic E-state index is 9.90. The summed E-state index contributed by atoms with van der Waals surface area (Å²) in [4.78, 5) is 4.28. The van der Waals surface area contributed by atoms with Crippen molar-refractivity contribution in [3.63, 3.8) is 0 Å². The van der Waals surface area contributed by atoms with Crippen LogP contribution in [0.15, 0.2) is 9.98 Å². The summed E-state index contributed by atoms with van der Waals surface area (Å²) in [6, 6.07) is 0.174. The average molecular weight is 307 g/mol. The first-order valence-electron chi connectivity index (χ1n) is 5.33. The summed E-state index contributed by atoms with van der Waals surface area (Å²) in [6.45, 7) is 8.74. The molecule has 0 aliphatic carbocycles. The summed E-state index contributed by atoms with van der Waals surface area (Å²) in [6.07, 6.45) is 1.46. The van der Waals surface area contributed by atoms with Gasteiger partial charge in [-0.3, -0.25) is 0 Å². The van der Waals surface area contributed by atoms with E-state index in [2.05, 4.69) is 33.2 Å². The molecule has 16 heavy (non-hydrogen) atoms. The van der Waals surface area contributed by atoms with Crippen LogP contribution >= 0.6 is 27.3 Å². The van der Waals surface area contributed by atoms with Crippen LogP contribution in [-0.4, -0.2) is 22.7 Å². The maximum Gasteiger partial charge on any atom is 0.110 e. The van der Waals surface area contributed by atoms with Gasteiger partial charge in [0.05, 0.1) is 22.1 Å². The molecule has 3 nitrogen and oxygen atoms in total. The van der Waals surface area contributed by atoms with Crippen LogP contribution in [0.3, 0.4) is 0 Å². The molecule has 2 atom stereocenters. The van der Waals surface area contributed by atoms with Crippen LogP contribution in [0.2, 0.25) is 0 Å². The van der Waals surface area contributed by atoms with Gasteiger partial charge in [0.2, 0.25) is 0 Å². The first kappa shape index (κ1) is 14.1. The lowest BCUT2D eigenvalue weighted by atomic mass is 9.89. The molecule has 1 rings (SSSR count). The lowest BCUT2D eigenvalue weighted by Gasteiger charge is -2.27. The van der Waals surface area contributed by atoms with E-state index in [4.69, 9.17) is 0 Å². The minimum atomic E-state index is -0.349. The summed E-state index contributed by atoms with van der Waals surface area (Å²) in [5.41, 5.74) is -0.0871. The summed E-state index contributed by atoms with van der Waals surface area (Å²) in [5.74, 6) is 0. The van der Waals surface area contributed by atoms with Crippen molar-refractivity contribution in [2.24, 2.45) is 5.41 Å². The topological polar surface area (TPSA) is 45.1 Å². The van der Waals surface area contributed by atoms with Gasteiger partial charge in [-0.25, -0.2) is 4.98 Å². The molecule has 0 bridgehead atoms. The zero-order valence-corrected chi connectivity index (χ0v) is 12.5. The number of aliphatic hydroxyl groups is 1. The molecule has 1 heterocycles. The average Bonchev–Trinajstić information content (AvgIpc) is 2.59. The summed E-state index contributed by atoms with van der Waals surface area (Å²) < 4.78 is 1.03. The van der Waals surface area contributed by atoms with Crippen molar-refractivity contribution in [1.82, 2.24) is 10.3 Å². The Labute approximate surface area is 109 Å². The third-order valence-electron chi connectivity index (χ3n) is 2.48. The molecule has 0 amide bonds. The summed E-state index contributed by atoms with van der Waals surface area (Å²) in [7, 11) is 0. The number of rotatable bonds is 4. The van der Waals surface area contributed by atoms with Gasteiger partial charge in [0.25, 0.3) is 0 Å². The first-order valence-corrected chi connectivity index (χ1v) is 6.94. The van der Waals surface area contributed by atoms with Gasteiger partial charge in [-0.15, -0.1) is 11.3 Å². The molecule has 0 aliphatic heterocycles. The quantitative estimate of drug-likeness (QED) is 0.899. The molecule has 0 saturated carbocycles. The number of halogens is 1. The number of nitrogens with one attached hydrogen (secondary N) is 1. The number of aromatic nitrogens is 1. The lowest BCUT2D eigenvalue weighted by Crippen LogP contribution is -2.37. The molecule has 2 N–H and O–H groups in total. The minimum Gasteiger partial charge on any atom is -0.391 e. The van der Waals surface area contributed by atoms with E-state index >= 15 is 0 Å². The fraction of sp³-hybridized carbons (Fsp3) is 0.727. The number of hydrogen-bond acceptors (Lipinski definition) is 4. The van der Waals surface area contributed by atoms with Crippen LogP contribution in [0, 0.1) is 5.41 Å². The monoisotopic (exact) mass is 306 g/mol. The smallest absolute Gasteiger partial charge is 0.110 e. The van der Waals surface area contributed by atoms with E-state index in [1.54, 1.807) is 17.5 Å². The Bertz CT molecular complexity index is 335. The second-order valence-electron chi connectivity index (χ2n) is 5.01. The molecule has 0 radical (unpaired) electrons. The van der Waals surface area contributed by atoms with Gasteiger partial charge in [-0.1, -0.05) is 20.8 Å². The predicted octanol–water partition coefficient (Wildman–Crippen LogP) is 2.96. The maximum atomic E-state index is 9.90. The Morgan fingerprint density at radius 3 is 2.62 bits per heavy atom. The fourth-order valence-electron chi connectivity index (χ4n) is 1.15. The molecule has 92 valence electrons. The lowest BCUT2D eigenvalue weighted by molar-refractivity contribution is 0.0609. The van der Waals surface area contributed by atoms with Gasteiger partial charge in [-0.2, -0.15) is 0 Å². The molecule has 0 fully saturated rings. The standard InChI is InChI=1S/C11H19BrN2OS/c1-7(10-14-6-9(12)16-10)13-5-8(15)11(2,3)4/h6-8,13,15H,5H2,1-4H3. The fourth-order valence-corrected chi connectivity index (χ4v) is 2.42. The highest BCUT2D eigenvalue weighted by Gasteiger charge is 2.22. The van der Waals surface area contributed by atoms with E-state index in [1.807, 2.05) is 20.8 Å². The second-order valence-corrected chi connectivity index (χ2v) is 7.46. The van der Waals surface area contributed by atoms with Crippen molar-refractivity contribution in [1.29, 1.82) is 0 Å². The number of nitrogens with zero attached hydrogens (tertiary/aromatic N) is 1. The van der Waals surface area contributed by atoms with Crippen molar-refractivity contribution in [3.8, 4) is 0 Å². The van der Waals surface area contributed by atoms with Crippen LogP contribution < -0.4 is 5.32 Å². The van der Waals surface area contributed by atoms with E-state index in [0.717, 1.165) is 8.79 Å². The highest BCUT2D eigenvalue weighted by Crippen LogP contribution is 2.24. The largest absolute Gasteiger partial charge is 0.391 e. The van der Waals surface area contributed by atoms with Crippen LogP contribution in [0.5, 0.6) is 0 Å². The zero-order chi connectivity index (χ0) is 12.3. The van der Waals surface area contributed by atoms with Gasteiger partial charge in [0, 0.05) is 6.54 Å². The summed E-state index contributed by atoms with van der Waals surface area (Å²) >= 11 is 5.01. The van der Waals surface area contributed by atoms with Crippen molar-refractivity contribution in [2.75, 3.05) is 6.54 Å². The molecule has 1 aromatic heterocycles. The number of aliphatic hydroxyl groups excluding tert-OH is 1. The molecule has 0 aromatic carbocycles. The van der Waals surface area contributed by atoms with Crippen molar-refractivity contribution >= 4 is 27.3 Å². The third-order valence-corrected chi connectivity index (χ3v) is 4.14. The first-order chi connectivity index (χ1) is 7.30. The number of hydrogen-bond donors (Lipinski definition) is 2. The Hall–Kier alpha value is 0.0300. The van der Waals surface area contributed by atoms with Crippen LogP contribution in [0.4, 0.5) is 0 Å². The Kier molecular flexibility index (Phi) is 4.91. The molecule has 0 aliphatic rings. The minimum absolute atomic E-state index is 0.0871. The highest BCUT2D eigenvalue weighted by atomic mass is 79.9. The molecular weight excluding hydrogens is 288 g/mol. The molecule has 2 unspecified atom stereocenters. The van der Waals surface area contributed by atoms with Gasteiger partial charge < -0.3 is 10.4 Å². The van der Waals surface area contributed by atoms with Gasteiger partial charge >= 0.3 is 0 Å². The van der Waals surface area contributed by atoms with Gasteiger partial charge in [-0.05, 0) is 28.3 Å². The number of thiazole rings is 1. The van der Waals surface area contributed by atoms with E-state index in [0.29, 0.717) is 6.54 Å². The molecule has 5 heteroatoms. The van der Waals surface area contributed by atoms with Crippen molar-refractivity contribution in [2.45, 2.75) is 39.8 Å². The Morgan fingerprint density at radius 1 is 1.56 bits per heavy atom. The van der Waals surface area contributed by atoms with Gasteiger partial charge in [0.15, 0.2) is 0 Å². The normalized spacial score (nSPS) is 16.1. The third kappa shape index (κ3) is 4.13. The predicted molar refractivity (Wildman–Crippen MR) is 71.7 cm³/mol. The SMILES string of the molecule is CC(NCC(O)C(C)(C)C)c1ncc(Br)s1. The molecule has 0 saturated heterocycles. The Morgan fingerprint density at radius 2 is 2.19 bits per heavy atom. The van der Waals surface area contributed by atoms with Crippen molar-refractivity contribution < 1.29 is 5.11 Å². The second kappa shape index (κ2) is 5.58. The van der Waals surface area contributed by atoms with E-state index < -0.39 is 0 Å². The molecule has 0 spiro atoms. The highest BCUT2D eigenvalue weighted by molar-refractivity contribution is 9.11. The zero-order valence-electron chi connectivity index (χ0n) is 10.1. The molecule has 1 aromatic rings. The van der Waals surface area contributed by atoms with E-state index in [-0.39, 0.29) is 17.6 Å². The Balaban J connectivity index is 2.44. The van der Waals surface area contributed by atoms with Crippen LogP contribution in [-0.2, 0) is 0 Å². The van der Waals surface area contributed by atoms with Crippen LogP contribution in [0.25, 0.3) is 0 Å². The van der Waals surface area contributed by atoms with E-state index in [9.17, 15) is 5.11 Å². The van der Waals surface area contributed by atoms with Crippen molar-refractivity contribution in [3.05, 3.63) is 15.0 Å². The van der Waals surface area contributed by atoms with Gasteiger partial charge in [0.1, 0.15) is 5.01 Å². The van der Waals surface area contributed by atoms with Crippen LogP contribution in [0.1, 0.15) is 38.7 Å². The summed E-state index contributed by atoms with van der Waals surface area (Å²) in [5, 5.41) is 14.2.